The number of hydrogen-bond acceptors (Lipinski definition) is 4. The zero-order valence-electron chi connectivity index (χ0n) is 8.64. The Kier molecular flexibility index (Phi) is 1.99. The second kappa shape index (κ2) is 3.37. The van der Waals surface area contributed by atoms with E-state index in [1.165, 1.54) is 6.07 Å². The van der Waals surface area contributed by atoms with Crippen LogP contribution in [0.15, 0.2) is 12.1 Å². The predicted molar refractivity (Wildman–Crippen MR) is 56.1 cm³/mol. The van der Waals surface area contributed by atoms with Crippen molar-refractivity contribution in [1.82, 2.24) is 0 Å². The van der Waals surface area contributed by atoms with E-state index in [0.29, 0.717) is 30.6 Å². The van der Waals surface area contributed by atoms with Gasteiger partial charge in [-0.1, -0.05) is 0 Å². The quantitative estimate of drug-likeness (QED) is 0.567. The number of ether oxygens (including phenoxy) is 2. The fourth-order valence-electron chi connectivity index (χ4n) is 1.97. The maximum absolute atomic E-state index is 10.9. The van der Waals surface area contributed by atoms with Crippen molar-refractivity contribution in [2.75, 3.05) is 13.2 Å². The van der Waals surface area contributed by atoms with Crippen LogP contribution >= 0.6 is 0 Å². The molecule has 0 radical (unpaired) electrons. The van der Waals surface area contributed by atoms with Crippen molar-refractivity contribution in [3.05, 3.63) is 27.8 Å². The number of hydrogen-bond donors (Lipinski definition) is 0. The van der Waals surface area contributed by atoms with E-state index in [4.69, 9.17) is 9.47 Å². The van der Waals surface area contributed by atoms with E-state index >= 15 is 0 Å². The molecule has 0 N–H and O–H groups in total. The predicted octanol–water partition coefficient (Wildman–Crippen LogP) is 2.24. The van der Waals surface area contributed by atoms with Crippen molar-refractivity contribution in [2.24, 2.45) is 0 Å². The molecule has 84 valence electrons. The summed E-state index contributed by atoms with van der Waals surface area (Å²) in [4.78, 5) is 10.6. The van der Waals surface area contributed by atoms with Gasteiger partial charge in [0.25, 0.3) is 5.69 Å². The lowest BCUT2D eigenvalue weighted by Gasteiger charge is -2.18. The minimum Gasteiger partial charge on any atom is -0.486 e. The van der Waals surface area contributed by atoms with Gasteiger partial charge in [0, 0.05) is 5.56 Å². The van der Waals surface area contributed by atoms with E-state index in [-0.39, 0.29) is 10.6 Å². The van der Waals surface area contributed by atoms with E-state index in [9.17, 15) is 10.1 Å². The molecule has 0 atom stereocenters. The minimum absolute atomic E-state index is 0.159. The summed E-state index contributed by atoms with van der Waals surface area (Å²) < 4.78 is 10.8. The van der Waals surface area contributed by atoms with Crippen LogP contribution in [0.2, 0.25) is 0 Å². The molecule has 0 saturated heterocycles. The van der Waals surface area contributed by atoms with Gasteiger partial charge in [0.15, 0.2) is 11.5 Å². The molecule has 5 heteroatoms. The average molecular weight is 221 g/mol. The van der Waals surface area contributed by atoms with Crippen molar-refractivity contribution < 1.29 is 14.4 Å². The molecule has 0 spiro atoms. The second-order valence-corrected chi connectivity index (χ2v) is 4.09. The van der Waals surface area contributed by atoms with Gasteiger partial charge in [-0.3, -0.25) is 10.1 Å². The molecular weight excluding hydrogens is 210 g/mol. The Hall–Kier alpha value is -1.78. The smallest absolute Gasteiger partial charge is 0.276 e. The third-order valence-corrected chi connectivity index (χ3v) is 2.91. The summed E-state index contributed by atoms with van der Waals surface area (Å²) in [5.74, 6) is 1.46. The van der Waals surface area contributed by atoms with Gasteiger partial charge < -0.3 is 9.47 Å². The summed E-state index contributed by atoms with van der Waals surface area (Å²) in [5, 5.41) is 10.9. The van der Waals surface area contributed by atoms with Gasteiger partial charge in [0.2, 0.25) is 0 Å². The molecule has 1 aliphatic carbocycles. The summed E-state index contributed by atoms with van der Waals surface area (Å²) >= 11 is 0. The van der Waals surface area contributed by atoms with Crippen molar-refractivity contribution in [3.63, 3.8) is 0 Å². The van der Waals surface area contributed by atoms with E-state index in [0.717, 1.165) is 18.4 Å². The number of nitrogens with zero attached hydrogens (tertiary/aromatic N) is 1. The number of benzene rings is 1. The van der Waals surface area contributed by atoms with Gasteiger partial charge in [-0.05, 0) is 24.8 Å². The fraction of sp³-hybridized carbons (Fsp3) is 0.455. The molecule has 5 nitrogen and oxygen atoms in total. The molecule has 0 unspecified atom stereocenters. The maximum atomic E-state index is 10.9. The van der Waals surface area contributed by atoms with Crippen LogP contribution in [0.3, 0.4) is 0 Å². The first-order valence-corrected chi connectivity index (χ1v) is 5.33. The molecule has 2 aliphatic rings. The van der Waals surface area contributed by atoms with Crippen LogP contribution in [0.4, 0.5) is 5.69 Å². The van der Waals surface area contributed by atoms with Gasteiger partial charge in [0.05, 0.1) is 11.0 Å². The molecule has 16 heavy (non-hydrogen) atoms. The monoisotopic (exact) mass is 221 g/mol. The van der Waals surface area contributed by atoms with E-state index in [1.54, 1.807) is 6.07 Å². The first kappa shape index (κ1) is 9.45. The van der Waals surface area contributed by atoms with Crippen molar-refractivity contribution in [3.8, 4) is 11.5 Å². The Morgan fingerprint density at radius 1 is 1.19 bits per heavy atom. The maximum Gasteiger partial charge on any atom is 0.276 e. The second-order valence-electron chi connectivity index (χ2n) is 4.09. The molecular formula is C11H11NO4. The molecule has 0 aromatic heterocycles. The first-order valence-electron chi connectivity index (χ1n) is 5.33. The van der Waals surface area contributed by atoms with E-state index < -0.39 is 0 Å². The topological polar surface area (TPSA) is 61.6 Å². The molecule has 1 heterocycles. The summed E-state index contributed by atoms with van der Waals surface area (Å²) in [6.07, 6.45) is 2.06. The van der Waals surface area contributed by atoms with E-state index in [2.05, 4.69) is 0 Å². The largest absolute Gasteiger partial charge is 0.486 e. The molecule has 3 rings (SSSR count). The fourth-order valence-corrected chi connectivity index (χ4v) is 1.97. The van der Waals surface area contributed by atoms with Crippen LogP contribution in [-0.4, -0.2) is 18.1 Å². The third-order valence-electron chi connectivity index (χ3n) is 2.91. The Labute approximate surface area is 92.1 Å². The normalized spacial score (nSPS) is 18.2. The lowest BCUT2D eigenvalue weighted by molar-refractivity contribution is -0.385. The van der Waals surface area contributed by atoms with Crippen LogP contribution in [0.25, 0.3) is 0 Å². The Balaban J connectivity index is 2.11. The van der Waals surface area contributed by atoms with Gasteiger partial charge in [0.1, 0.15) is 13.2 Å². The summed E-state index contributed by atoms with van der Waals surface area (Å²) in [7, 11) is 0. The zero-order chi connectivity index (χ0) is 11.1. The highest BCUT2D eigenvalue weighted by atomic mass is 16.6. The van der Waals surface area contributed by atoms with Crippen LogP contribution < -0.4 is 9.47 Å². The van der Waals surface area contributed by atoms with Crippen molar-refractivity contribution in [1.29, 1.82) is 0 Å². The average Bonchev–Trinajstić information content (AvgIpc) is 3.11. The number of nitro benzene ring substituents is 1. The van der Waals surface area contributed by atoms with Gasteiger partial charge >= 0.3 is 0 Å². The number of rotatable bonds is 2. The van der Waals surface area contributed by atoms with Crippen molar-refractivity contribution >= 4 is 5.69 Å². The summed E-state index contributed by atoms with van der Waals surface area (Å²) in [6, 6.07) is 3.26. The molecule has 1 aliphatic heterocycles. The lowest BCUT2D eigenvalue weighted by atomic mass is 10.1. The number of nitro groups is 1. The van der Waals surface area contributed by atoms with Crippen LogP contribution in [0.5, 0.6) is 11.5 Å². The minimum atomic E-state index is -0.341. The molecule has 1 aromatic rings. The Bertz CT molecular complexity index is 454. The lowest BCUT2D eigenvalue weighted by Crippen LogP contribution is -2.15. The van der Waals surface area contributed by atoms with Gasteiger partial charge in [-0.15, -0.1) is 0 Å². The summed E-state index contributed by atoms with van der Waals surface area (Å²) in [5.41, 5.74) is 0.945. The Morgan fingerprint density at radius 3 is 2.38 bits per heavy atom. The highest BCUT2D eigenvalue weighted by Crippen LogP contribution is 2.48. The number of fused-ring (bicyclic) bond motifs is 1. The molecule has 0 amide bonds. The third kappa shape index (κ3) is 1.48. The molecule has 1 saturated carbocycles. The molecule has 0 bridgehead atoms. The van der Waals surface area contributed by atoms with Gasteiger partial charge in [-0.2, -0.15) is 0 Å². The molecule has 1 fully saturated rings. The highest BCUT2D eigenvalue weighted by Gasteiger charge is 2.33. The van der Waals surface area contributed by atoms with Gasteiger partial charge in [-0.25, -0.2) is 0 Å². The van der Waals surface area contributed by atoms with Crippen LogP contribution in [-0.2, 0) is 0 Å². The SMILES string of the molecule is O=[N+]([O-])c1cc2c(cc1C1CC1)OCCO2. The zero-order valence-corrected chi connectivity index (χ0v) is 8.64. The Morgan fingerprint density at radius 2 is 1.81 bits per heavy atom. The summed E-state index contributed by atoms with van der Waals surface area (Å²) in [6.45, 7) is 0.960. The van der Waals surface area contributed by atoms with E-state index in [1.807, 2.05) is 0 Å². The highest BCUT2D eigenvalue weighted by molar-refractivity contribution is 5.56. The van der Waals surface area contributed by atoms with Crippen LogP contribution in [0.1, 0.15) is 24.3 Å². The van der Waals surface area contributed by atoms with Crippen LogP contribution in [0, 0.1) is 10.1 Å². The first-order chi connectivity index (χ1) is 7.75. The molecule has 1 aromatic carbocycles. The van der Waals surface area contributed by atoms with Crippen molar-refractivity contribution in [2.45, 2.75) is 18.8 Å². The standard InChI is InChI=1S/C11H11NO4/c13-12(14)9-6-11-10(15-3-4-16-11)5-8(9)7-1-2-7/h5-7H,1-4H2.